The van der Waals surface area contributed by atoms with Crippen LogP contribution in [0.25, 0.3) is 0 Å². The number of rotatable bonds is 8. The van der Waals surface area contributed by atoms with E-state index in [1.165, 1.54) is 24.4 Å². The van der Waals surface area contributed by atoms with Crippen LogP contribution in [0.15, 0.2) is 108 Å². The van der Waals surface area contributed by atoms with Crippen molar-refractivity contribution in [1.82, 2.24) is 9.55 Å². The SMILES string of the molecule is CC1(F)[C@@H](OC(=O)c2ccccc2)[C@@H](COC(=O)c2ccccc2)O[C@H]1n1ccc(NC(=O)c2ccccc2)nc1=O. The van der Waals surface area contributed by atoms with Crippen LogP contribution in [-0.2, 0) is 14.2 Å². The second-order valence-electron chi connectivity index (χ2n) is 9.66. The summed E-state index contributed by atoms with van der Waals surface area (Å²) in [5, 5.41) is 2.52. The molecule has 1 saturated heterocycles. The number of hydrogen-bond donors (Lipinski definition) is 1. The predicted molar refractivity (Wildman–Crippen MR) is 149 cm³/mol. The molecule has 1 aromatic heterocycles. The molecule has 1 amide bonds. The van der Waals surface area contributed by atoms with Gasteiger partial charge in [0.15, 0.2) is 18.0 Å². The van der Waals surface area contributed by atoms with E-state index in [9.17, 15) is 19.2 Å². The lowest BCUT2D eigenvalue weighted by Gasteiger charge is -2.27. The third kappa shape index (κ3) is 6.11. The number of ether oxygens (including phenoxy) is 3. The Kier molecular flexibility index (Phi) is 8.21. The van der Waals surface area contributed by atoms with E-state index in [1.54, 1.807) is 78.9 Å². The van der Waals surface area contributed by atoms with Gasteiger partial charge in [0.25, 0.3) is 5.91 Å². The average Bonchev–Trinajstić information content (AvgIpc) is 3.25. The van der Waals surface area contributed by atoms with E-state index in [0.29, 0.717) is 5.56 Å². The first-order valence-electron chi connectivity index (χ1n) is 13.0. The molecule has 214 valence electrons. The maximum absolute atomic E-state index is 16.5. The lowest BCUT2D eigenvalue weighted by molar-refractivity contribution is -0.0648. The normalized spacial score (nSPS) is 21.3. The van der Waals surface area contributed by atoms with Crippen LogP contribution in [0.4, 0.5) is 10.2 Å². The van der Waals surface area contributed by atoms with Gasteiger partial charge in [-0.05, 0) is 49.4 Å². The van der Waals surface area contributed by atoms with E-state index < -0.39 is 54.2 Å². The van der Waals surface area contributed by atoms with Gasteiger partial charge in [0.1, 0.15) is 18.5 Å². The molecule has 2 heterocycles. The Morgan fingerprint density at radius 1 is 0.881 bits per heavy atom. The highest BCUT2D eigenvalue weighted by atomic mass is 19.1. The van der Waals surface area contributed by atoms with Crippen molar-refractivity contribution in [3.63, 3.8) is 0 Å². The topological polar surface area (TPSA) is 126 Å². The number of halogens is 1. The summed E-state index contributed by atoms with van der Waals surface area (Å²) in [5.41, 5.74) is -2.59. The highest BCUT2D eigenvalue weighted by molar-refractivity contribution is 6.03. The number of esters is 2. The Hall–Kier alpha value is -5.16. The number of amides is 1. The first-order valence-corrected chi connectivity index (χ1v) is 13.0. The van der Waals surface area contributed by atoms with Gasteiger partial charge < -0.3 is 19.5 Å². The zero-order valence-corrected chi connectivity index (χ0v) is 22.4. The van der Waals surface area contributed by atoms with Crippen molar-refractivity contribution < 1.29 is 33.0 Å². The lowest BCUT2D eigenvalue weighted by Crippen LogP contribution is -2.45. The molecule has 5 rings (SSSR count). The summed E-state index contributed by atoms with van der Waals surface area (Å²) in [6, 6.07) is 25.8. The molecule has 3 aromatic carbocycles. The lowest BCUT2D eigenvalue weighted by atomic mass is 9.98. The van der Waals surface area contributed by atoms with Gasteiger partial charge >= 0.3 is 17.6 Å². The highest BCUT2D eigenvalue weighted by Gasteiger charge is 2.58. The summed E-state index contributed by atoms with van der Waals surface area (Å²) in [7, 11) is 0. The Morgan fingerprint density at radius 2 is 1.43 bits per heavy atom. The van der Waals surface area contributed by atoms with Crippen LogP contribution in [-0.4, -0.2) is 51.9 Å². The Balaban J connectivity index is 1.39. The average molecular weight is 572 g/mol. The van der Waals surface area contributed by atoms with E-state index in [0.717, 1.165) is 11.5 Å². The van der Waals surface area contributed by atoms with Gasteiger partial charge in [0, 0.05) is 11.8 Å². The number of carbonyl (C=O) groups excluding carboxylic acids is 3. The molecule has 42 heavy (non-hydrogen) atoms. The van der Waals surface area contributed by atoms with E-state index in [-0.39, 0.29) is 16.9 Å². The number of aromatic nitrogens is 2. The number of carbonyl (C=O) groups is 3. The molecule has 0 bridgehead atoms. The molecular weight excluding hydrogens is 545 g/mol. The van der Waals surface area contributed by atoms with Crippen molar-refractivity contribution in [3.8, 4) is 0 Å². The number of alkyl halides is 1. The fourth-order valence-electron chi connectivity index (χ4n) is 4.54. The Labute approximate surface area is 239 Å². The molecule has 4 atom stereocenters. The predicted octanol–water partition coefficient (Wildman–Crippen LogP) is 4.20. The van der Waals surface area contributed by atoms with Gasteiger partial charge in [-0.2, -0.15) is 4.98 Å². The Morgan fingerprint density at radius 3 is 2.00 bits per heavy atom. The fourth-order valence-corrected chi connectivity index (χ4v) is 4.54. The van der Waals surface area contributed by atoms with Gasteiger partial charge in [-0.25, -0.2) is 18.8 Å². The van der Waals surface area contributed by atoms with Crippen LogP contribution in [0.3, 0.4) is 0 Å². The largest absolute Gasteiger partial charge is 0.459 e. The van der Waals surface area contributed by atoms with E-state index in [2.05, 4.69) is 10.3 Å². The van der Waals surface area contributed by atoms with Gasteiger partial charge in [-0.3, -0.25) is 9.36 Å². The van der Waals surface area contributed by atoms with Crippen LogP contribution in [0, 0.1) is 0 Å². The summed E-state index contributed by atoms with van der Waals surface area (Å²) in [4.78, 5) is 54.8. The van der Waals surface area contributed by atoms with E-state index in [4.69, 9.17) is 14.2 Å². The second-order valence-corrected chi connectivity index (χ2v) is 9.66. The van der Waals surface area contributed by atoms with Gasteiger partial charge in [-0.15, -0.1) is 0 Å². The minimum atomic E-state index is -2.46. The molecule has 0 radical (unpaired) electrons. The third-order valence-electron chi connectivity index (χ3n) is 6.67. The summed E-state index contributed by atoms with van der Waals surface area (Å²) < 4.78 is 34.2. The molecular formula is C31H26FN3O7. The number of benzene rings is 3. The molecule has 0 saturated carbocycles. The van der Waals surface area contributed by atoms with Gasteiger partial charge in [-0.1, -0.05) is 54.6 Å². The summed E-state index contributed by atoms with van der Waals surface area (Å²) in [6.07, 6.45) is -3.23. The standard InChI is InChI=1S/C31H26FN3O7/c1-31(32)25(42-28(38)22-15-9-4-10-16-22)23(19-40-27(37)21-13-7-3-8-14-21)41-29(31)35-18-17-24(34-30(35)39)33-26(36)20-11-5-2-6-12-20/h2-18,23,25,29H,19H2,1H3,(H,33,34,36,39)/t23-,25+,29-,31?/m1/s1. The summed E-state index contributed by atoms with van der Waals surface area (Å²) >= 11 is 0. The molecule has 0 aliphatic carbocycles. The first kappa shape index (κ1) is 28.4. The number of nitrogens with zero attached hydrogens (tertiary/aromatic N) is 2. The van der Waals surface area contributed by atoms with Gasteiger partial charge in [0.05, 0.1) is 11.1 Å². The number of anilines is 1. The van der Waals surface area contributed by atoms with Crippen molar-refractivity contribution in [2.24, 2.45) is 0 Å². The van der Waals surface area contributed by atoms with Crippen LogP contribution in [0.2, 0.25) is 0 Å². The monoisotopic (exact) mass is 571 g/mol. The third-order valence-corrected chi connectivity index (χ3v) is 6.67. The van der Waals surface area contributed by atoms with Gasteiger partial charge in [0.2, 0.25) is 0 Å². The smallest absolute Gasteiger partial charge is 0.351 e. The molecule has 1 aliphatic rings. The van der Waals surface area contributed by atoms with Crippen molar-refractivity contribution >= 4 is 23.7 Å². The van der Waals surface area contributed by atoms with Crippen LogP contribution < -0.4 is 11.0 Å². The van der Waals surface area contributed by atoms with Crippen molar-refractivity contribution in [3.05, 3.63) is 130 Å². The summed E-state index contributed by atoms with van der Waals surface area (Å²) in [5.74, 6) is -2.05. The van der Waals surface area contributed by atoms with Crippen molar-refractivity contribution in [2.75, 3.05) is 11.9 Å². The molecule has 1 fully saturated rings. The van der Waals surface area contributed by atoms with E-state index in [1.807, 2.05) is 0 Å². The maximum Gasteiger partial charge on any atom is 0.351 e. The number of nitrogens with one attached hydrogen (secondary N) is 1. The first-order chi connectivity index (χ1) is 20.2. The quantitative estimate of drug-likeness (QED) is 0.312. The summed E-state index contributed by atoms with van der Waals surface area (Å²) in [6.45, 7) is 0.654. The maximum atomic E-state index is 16.5. The molecule has 1 unspecified atom stereocenters. The molecule has 0 spiro atoms. The molecule has 1 aliphatic heterocycles. The minimum absolute atomic E-state index is 0.0518. The van der Waals surface area contributed by atoms with Crippen molar-refractivity contribution in [1.29, 1.82) is 0 Å². The van der Waals surface area contributed by atoms with Crippen LogP contribution in [0.1, 0.15) is 44.2 Å². The zero-order valence-electron chi connectivity index (χ0n) is 22.4. The number of hydrogen-bond acceptors (Lipinski definition) is 8. The van der Waals surface area contributed by atoms with Crippen LogP contribution >= 0.6 is 0 Å². The van der Waals surface area contributed by atoms with Crippen LogP contribution in [0.5, 0.6) is 0 Å². The molecule has 1 N–H and O–H groups in total. The minimum Gasteiger partial charge on any atom is -0.459 e. The van der Waals surface area contributed by atoms with E-state index >= 15 is 4.39 Å². The highest BCUT2D eigenvalue weighted by Crippen LogP contribution is 2.43. The molecule has 10 nitrogen and oxygen atoms in total. The molecule has 4 aromatic rings. The fraction of sp³-hybridized carbons (Fsp3) is 0.194. The zero-order chi connectivity index (χ0) is 29.7. The molecule has 11 heteroatoms. The van der Waals surface area contributed by atoms with Crippen molar-refractivity contribution in [2.45, 2.75) is 31.0 Å². The Bertz CT molecular complexity index is 1630. The second kappa shape index (κ2) is 12.1.